The van der Waals surface area contributed by atoms with E-state index >= 15 is 0 Å². The van der Waals surface area contributed by atoms with Crippen molar-refractivity contribution in [1.29, 1.82) is 0 Å². The summed E-state index contributed by atoms with van der Waals surface area (Å²) in [6, 6.07) is 4.24. The van der Waals surface area contributed by atoms with Crippen molar-refractivity contribution in [2.24, 2.45) is 5.92 Å². The van der Waals surface area contributed by atoms with E-state index in [1.165, 1.54) is 7.11 Å². The van der Waals surface area contributed by atoms with E-state index in [0.29, 0.717) is 23.7 Å². The zero-order valence-corrected chi connectivity index (χ0v) is 16.6. The molecule has 1 aromatic carbocycles. The summed E-state index contributed by atoms with van der Waals surface area (Å²) in [5, 5.41) is 5.31. The molecule has 0 aromatic heterocycles. The summed E-state index contributed by atoms with van der Waals surface area (Å²) in [6.45, 7) is 6.89. The van der Waals surface area contributed by atoms with Gasteiger partial charge in [-0.15, -0.1) is 0 Å². The minimum atomic E-state index is -0.786. The van der Waals surface area contributed by atoms with Crippen LogP contribution in [0.25, 0.3) is 0 Å². The molecule has 0 bridgehead atoms. The van der Waals surface area contributed by atoms with Crippen LogP contribution in [-0.2, 0) is 14.3 Å². The van der Waals surface area contributed by atoms with Gasteiger partial charge in [0.05, 0.1) is 26.4 Å². The van der Waals surface area contributed by atoms with Crippen molar-refractivity contribution in [2.45, 2.75) is 25.8 Å². The Morgan fingerprint density at radius 2 is 1.96 bits per heavy atom. The maximum Gasteiger partial charge on any atom is 0.319 e. The van der Waals surface area contributed by atoms with Gasteiger partial charge < -0.3 is 29.6 Å². The zero-order chi connectivity index (χ0) is 20.5. The molecule has 2 N–H and O–H groups in total. The van der Waals surface area contributed by atoms with E-state index in [-0.39, 0.29) is 18.9 Å². The van der Waals surface area contributed by atoms with E-state index < -0.39 is 24.0 Å². The van der Waals surface area contributed by atoms with Gasteiger partial charge in [0.25, 0.3) is 0 Å². The van der Waals surface area contributed by atoms with Crippen molar-refractivity contribution in [3.05, 3.63) is 36.0 Å². The molecule has 0 spiro atoms. The third-order valence-corrected chi connectivity index (χ3v) is 4.36. The highest BCUT2D eigenvalue weighted by Crippen LogP contribution is 2.36. The summed E-state index contributed by atoms with van der Waals surface area (Å²) in [7, 11) is 3.07. The van der Waals surface area contributed by atoms with Gasteiger partial charge in [0.15, 0.2) is 11.5 Å². The molecule has 0 saturated carbocycles. The molecule has 2 rings (SSSR count). The van der Waals surface area contributed by atoms with Crippen LogP contribution >= 0.6 is 0 Å². The van der Waals surface area contributed by atoms with Gasteiger partial charge in [0, 0.05) is 12.8 Å². The molecule has 0 radical (unpaired) electrons. The van der Waals surface area contributed by atoms with Gasteiger partial charge in [-0.1, -0.05) is 26.0 Å². The monoisotopic (exact) mass is 392 g/mol. The van der Waals surface area contributed by atoms with Crippen molar-refractivity contribution in [1.82, 2.24) is 10.6 Å². The second-order valence-electron chi connectivity index (χ2n) is 6.35. The number of esters is 1. The predicted molar refractivity (Wildman–Crippen MR) is 103 cm³/mol. The number of benzene rings is 1. The van der Waals surface area contributed by atoms with Crippen LogP contribution in [-0.4, -0.2) is 46.0 Å². The van der Waals surface area contributed by atoms with Gasteiger partial charge in [-0.05, 0) is 24.1 Å². The van der Waals surface area contributed by atoms with Gasteiger partial charge in [-0.25, -0.2) is 4.79 Å². The first-order valence-electron chi connectivity index (χ1n) is 9.24. The fourth-order valence-corrected chi connectivity index (χ4v) is 2.88. The Morgan fingerprint density at radius 3 is 2.64 bits per heavy atom. The maximum atomic E-state index is 12.6. The molecule has 1 fully saturated rings. The molecule has 1 aliphatic rings. The fourth-order valence-electron chi connectivity index (χ4n) is 2.88. The first kappa shape index (κ1) is 21.6. The Hall–Kier alpha value is -2.74. The SMILES string of the molecule is C=C1NC(=O)N[C@H](c2ccc(OCCCC)c(OC)c2)[C@H]1C(=O)OCCOC. The molecule has 0 unspecified atom stereocenters. The summed E-state index contributed by atoms with van der Waals surface area (Å²) in [6.07, 6.45) is 1.96. The van der Waals surface area contributed by atoms with Crippen LogP contribution in [0, 0.1) is 5.92 Å². The number of hydrogen-bond acceptors (Lipinski definition) is 6. The van der Waals surface area contributed by atoms with Crippen LogP contribution < -0.4 is 20.1 Å². The number of urea groups is 1. The number of carbonyl (C=O) groups is 2. The third-order valence-electron chi connectivity index (χ3n) is 4.36. The van der Waals surface area contributed by atoms with Gasteiger partial charge >= 0.3 is 12.0 Å². The lowest BCUT2D eigenvalue weighted by molar-refractivity contribution is -0.149. The molecule has 1 saturated heterocycles. The van der Waals surface area contributed by atoms with Crippen molar-refractivity contribution >= 4 is 12.0 Å². The topological polar surface area (TPSA) is 95.1 Å². The number of ether oxygens (including phenoxy) is 4. The standard InChI is InChI=1S/C20H28N2O6/c1-5-6-9-27-15-8-7-14(12-16(15)26-4)18-17(13(2)21-20(24)22-18)19(23)28-11-10-25-3/h7-8,12,17-18H,2,5-6,9-11H2,1,3-4H3,(H2,21,22,24)/t17-,18+/m0/s1. The van der Waals surface area contributed by atoms with Crippen LogP contribution in [0.1, 0.15) is 31.4 Å². The van der Waals surface area contributed by atoms with Crippen molar-refractivity contribution < 1.29 is 28.5 Å². The van der Waals surface area contributed by atoms with E-state index in [0.717, 1.165) is 12.8 Å². The minimum Gasteiger partial charge on any atom is -0.493 e. The number of unbranched alkanes of at least 4 members (excludes halogenated alkanes) is 1. The molecule has 0 aliphatic carbocycles. The Kier molecular flexibility index (Phi) is 8.13. The maximum absolute atomic E-state index is 12.6. The van der Waals surface area contributed by atoms with Gasteiger partial charge in [-0.3, -0.25) is 4.79 Å². The summed E-state index contributed by atoms with van der Waals surface area (Å²) < 4.78 is 21.3. The Bertz CT molecular complexity index is 706. The Morgan fingerprint density at radius 1 is 1.18 bits per heavy atom. The van der Waals surface area contributed by atoms with Crippen LogP contribution in [0.15, 0.2) is 30.5 Å². The molecule has 2 amide bonds. The zero-order valence-electron chi connectivity index (χ0n) is 16.6. The van der Waals surface area contributed by atoms with Crippen LogP contribution in [0.4, 0.5) is 4.79 Å². The normalized spacial score (nSPS) is 18.8. The lowest BCUT2D eigenvalue weighted by Gasteiger charge is -2.33. The van der Waals surface area contributed by atoms with E-state index in [1.807, 2.05) is 0 Å². The average Bonchev–Trinajstić information content (AvgIpc) is 2.67. The molecule has 28 heavy (non-hydrogen) atoms. The first-order chi connectivity index (χ1) is 13.5. The van der Waals surface area contributed by atoms with Gasteiger partial charge in [-0.2, -0.15) is 0 Å². The fraction of sp³-hybridized carbons (Fsp3) is 0.500. The number of carbonyl (C=O) groups excluding carboxylic acids is 2. The molecule has 1 heterocycles. The number of methoxy groups -OCH3 is 2. The minimum absolute atomic E-state index is 0.118. The number of hydrogen-bond donors (Lipinski definition) is 2. The quantitative estimate of drug-likeness (QED) is 0.469. The second kappa shape index (κ2) is 10.6. The third kappa shape index (κ3) is 5.39. The lowest BCUT2D eigenvalue weighted by Crippen LogP contribution is -2.51. The second-order valence-corrected chi connectivity index (χ2v) is 6.35. The lowest BCUT2D eigenvalue weighted by atomic mass is 9.89. The first-order valence-corrected chi connectivity index (χ1v) is 9.24. The molecule has 1 aromatic rings. The van der Waals surface area contributed by atoms with Crippen molar-refractivity contribution in [3.8, 4) is 11.5 Å². The number of amides is 2. The van der Waals surface area contributed by atoms with Crippen molar-refractivity contribution in [3.63, 3.8) is 0 Å². The van der Waals surface area contributed by atoms with Crippen LogP contribution in [0.2, 0.25) is 0 Å². The summed E-state index contributed by atoms with van der Waals surface area (Å²) in [5.41, 5.74) is 0.961. The largest absolute Gasteiger partial charge is 0.493 e. The molecule has 8 heteroatoms. The highest BCUT2D eigenvalue weighted by Gasteiger charge is 2.39. The number of nitrogens with one attached hydrogen (secondary N) is 2. The average molecular weight is 392 g/mol. The Labute approximate surface area is 165 Å². The highest BCUT2D eigenvalue weighted by atomic mass is 16.6. The van der Waals surface area contributed by atoms with E-state index in [1.54, 1.807) is 25.3 Å². The van der Waals surface area contributed by atoms with Gasteiger partial charge in [0.2, 0.25) is 0 Å². The van der Waals surface area contributed by atoms with E-state index in [4.69, 9.17) is 18.9 Å². The van der Waals surface area contributed by atoms with Crippen LogP contribution in [0.5, 0.6) is 11.5 Å². The molecule has 2 atom stereocenters. The molecule has 1 aliphatic heterocycles. The number of rotatable bonds is 10. The van der Waals surface area contributed by atoms with Crippen LogP contribution in [0.3, 0.4) is 0 Å². The predicted octanol–water partition coefficient (Wildman–Crippen LogP) is 2.55. The van der Waals surface area contributed by atoms with E-state index in [9.17, 15) is 9.59 Å². The van der Waals surface area contributed by atoms with E-state index in [2.05, 4.69) is 24.1 Å². The molecular weight excluding hydrogens is 364 g/mol. The summed E-state index contributed by atoms with van der Waals surface area (Å²) in [5.74, 6) is -0.149. The summed E-state index contributed by atoms with van der Waals surface area (Å²) in [4.78, 5) is 24.6. The smallest absolute Gasteiger partial charge is 0.319 e. The van der Waals surface area contributed by atoms with Gasteiger partial charge in [0.1, 0.15) is 12.5 Å². The molecular formula is C20H28N2O6. The van der Waals surface area contributed by atoms with Crippen molar-refractivity contribution in [2.75, 3.05) is 34.0 Å². The molecule has 8 nitrogen and oxygen atoms in total. The summed E-state index contributed by atoms with van der Waals surface area (Å²) >= 11 is 0. The highest BCUT2D eigenvalue weighted by molar-refractivity contribution is 5.85. The Balaban J connectivity index is 2.25. The molecule has 154 valence electrons.